The van der Waals surface area contributed by atoms with Crippen molar-refractivity contribution in [1.82, 2.24) is 15.3 Å². The molecule has 0 bridgehead atoms. The summed E-state index contributed by atoms with van der Waals surface area (Å²) < 4.78 is 60.6. The number of aromatic nitrogens is 2. The van der Waals surface area contributed by atoms with Crippen molar-refractivity contribution in [2.24, 2.45) is 11.7 Å². The van der Waals surface area contributed by atoms with Gasteiger partial charge < -0.3 is 35.3 Å². The zero-order chi connectivity index (χ0) is 31.6. The van der Waals surface area contributed by atoms with Crippen LogP contribution in [0, 0.1) is 17.2 Å². The van der Waals surface area contributed by atoms with Crippen LogP contribution in [-0.2, 0) is 25.5 Å². The number of rotatable bonds is 10. The fraction of sp³-hybridized carbons (Fsp3) is 0.481. The van der Waals surface area contributed by atoms with E-state index in [9.17, 15) is 32.8 Å². The first-order valence-corrected chi connectivity index (χ1v) is 13.6. The molecule has 5 rings (SSSR count). The number of carbonyl (C=O) groups excluding carboxylic acids is 3. The molecular weight excluding hydrogens is 591 g/mol. The molecule has 44 heavy (non-hydrogen) atoms. The first-order valence-electron chi connectivity index (χ1n) is 13.6. The van der Waals surface area contributed by atoms with Gasteiger partial charge in [-0.1, -0.05) is 0 Å². The number of anilines is 2. The van der Waals surface area contributed by atoms with E-state index in [1.165, 1.54) is 23.2 Å². The van der Waals surface area contributed by atoms with Crippen LogP contribution >= 0.6 is 0 Å². The van der Waals surface area contributed by atoms with E-state index in [1.807, 2.05) is 6.07 Å². The third-order valence-electron chi connectivity index (χ3n) is 7.08. The van der Waals surface area contributed by atoms with Gasteiger partial charge in [-0.15, -0.1) is 0 Å². The van der Waals surface area contributed by atoms with Gasteiger partial charge in [0.05, 0.1) is 24.4 Å². The smallest absolute Gasteiger partial charge is 0.490 e. The van der Waals surface area contributed by atoms with Crippen molar-refractivity contribution < 1.29 is 46.5 Å². The summed E-state index contributed by atoms with van der Waals surface area (Å²) in [6, 6.07) is 4.66. The zero-order valence-electron chi connectivity index (χ0n) is 23.3. The lowest BCUT2D eigenvalue weighted by atomic mass is 10.0. The Morgan fingerprint density at radius 2 is 2.16 bits per heavy atom. The standard InChI is InChI=1S/C27H28F3N7O7/c1-13(32)11-41-17-4-14(7-31)18-5-15(22(19(18)6-17)44-25(39)27(28,29)30)8-33-3-2-16-10-37(26(40)43-16)20-9-34-24-23(35-20)36-21(38)12-42-24/h4,6,9,13,15-16,22,33H,2-3,5,8,10-12,32H2,1H3,(H,35,36,38). The summed E-state index contributed by atoms with van der Waals surface area (Å²) in [7, 11) is 0. The number of amides is 2. The Labute approximate surface area is 248 Å². The number of alkyl halides is 3. The minimum absolute atomic E-state index is 0.0854. The summed E-state index contributed by atoms with van der Waals surface area (Å²) >= 11 is 0. The molecule has 1 saturated heterocycles. The van der Waals surface area contributed by atoms with Gasteiger partial charge in [-0.25, -0.2) is 19.6 Å². The van der Waals surface area contributed by atoms with Crippen molar-refractivity contribution >= 4 is 29.6 Å². The molecule has 2 aliphatic heterocycles. The highest BCUT2D eigenvalue weighted by Gasteiger charge is 2.46. The number of benzene rings is 1. The van der Waals surface area contributed by atoms with Gasteiger partial charge in [0.25, 0.3) is 11.8 Å². The highest BCUT2D eigenvalue weighted by Crippen LogP contribution is 2.43. The number of halogens is 3. The van der Waals surface area contributed by atoms with Crippen molar-refractivity contribution in [3.05, 3.63) is 35.0 Å². The van der Waals surface area contributed by atoms with Crippen LogP contribution in [0.5, 0.6) is 11.6 Å². The lowest BCUT2D eigenvalue weighted by molar-refractivity contribution is -0.207. The maximum Gasteiger partial charge on any atom is 0.490 e. The molecule has 1 aromatic heterocycles. The third-order valence-corrected chi connectivity index (χ3v) is 7.08. The van der Waals surface area contributed by atoms with Gasteiger partial charge in [-0.3, -0.25) is 9.69 Å². The molecule has 3 heterocycles. The average molecular weight is 620 g/mol. The molecular formula is C27H28F3N7O7. The Hall–Kier alpha value is -4.69. The quantitative estimate of drug-likeness (QED) is 0.258. The maximum absolute atomic E-state index is 13.1. The largest absolute Gasteiger partial charge is 0.492 e. The molecule has 4 unspecified atom stereocenters. The number of ether oxygens (including phenoxy) is 4. The fourth-order valence-corrected chi connectivity index (χ4v) is 5.10. The number of nitriles is 1. The number of hydrogen-bond acceptors (Lipinski definition) is 12. The van der Waals surface area contributed by atoms with E-state index >= 15 is 0 Å². The average Bonchev–Trinajstić information content (AvgIpc) is 3.52. The molecule has 1 aromatic carbocycles. The molecule has 0 spiro atoms. The number of fused-ring (bicyclic) bond motifs is 2. The Balaban J connectivity index is 1.22. The third kappa shape index (κ3) is 6.76. The molecule has 4 N–H and O–H groups in total. The van der Waals surface area contributed by atoms with Crippen molar-refractivity contribution in [3.8, 4) is 17.7 Å². The van der Waals surface area contributed by atoms with Gasteiger partial charge in [0.1, 0.15) is 24.6 Å². The first kappa shape index (κ1) is 30.8. The molecule has 0 saturated carbocycles. The van der Waals surface area contributed by atoms with Crippen LogP contribution in [0.25, 0.3) is 0 Å². The summed E-state index contributed by atoms with van der Waals surface area (Å²) in [5.41, 5.74) is 6.67. The van der Waals surface area contributed by atoms with Crippen LogP contribution in [0.2, 0.25) is 0 Å². The number of nitrogens with one attached hydrogen (secondary N) is 2. The summed E-state index contributed by atoms with van der Waals surface area (Å²) in [6.45, 7) is 2.19. The Bertz CT molecular complexity index is 1500. The maximum atomic E-state index is 13.1. The number of carbonyl (C=O) groups is 3. The Morgan fingerprint density at radius 1 is 1.36 bits per heavy atom. The number of nitrogens with two attached hydrogens (primary N) is 1. The second-order valence-electron chi connectivity index (χ2n) is 10.6. The highest BCUT2D eigenvalue weighted by atomic mass is 19.4. The van der Waals surface area contributed by atoms with Crippen LogP contribution in [0.4, 0.5) is 29.6 Å². The molecule has 17 heteroatoms. The summed E-state index contributed by atoms with van der Waals surface area (Å²) in [6.07, 6.45) is -5.87. The van der Waals surface area contributed by atoms with Crippen LogP contribution < -0.4 is 30.7 Å². The molecule has 4 atom stereocenters. The summed E-state index contributed by atoms with van der Waals surface area (Å²) in [5.74, 6) is -2.77. The molecule has 14 nitrogen and oxygen atoms in total. The lowest BCUT2D eigenvalue weighted by Crippen LogP contribution is -2.33. The van der Waals surface area contributed by atoms with Crippen molar-refractivity contribution in [3.63, 3.8) is 0 Å². The minimum atomic E-state index is -5.21. The number of nitrogens with zero attached hydrogens (tertiary/aromatic N) is 4. The van der Waals surface area contributed by atoms with E-state index in [0.717, 1.165) is 0 Å². The van der Waals surface area contributed by atoms with Gasteiger partial charge >= 0.3 is 18.2 Å². The van der Waals surface area contributed by atoms with E-state index in [4.69, 9.17) is 24.7 Å². The van der Waals surface area contributed by atoms with Crippen LogP contribution in [0.1, 0.15) is 36.1 Å². The molecule has 1 aliphatic carbocycles. The monoisotopic (exact) mass is 619 g/mol. The molecule has 2 aromatic rings. The fourth-order valence-electron chi connectivity index (χ4n) is 5.10. The second kappa shape index (κ2) is 12.5. The topological polar surface area (TPSA) is 191 Å². The first-order chi connectivity index (χ1) is 20.9. The predicted octanol–water partition coefficient (Wildman–Crippen LogP) is 1.73. The predicted molar refractivity (Wildman–Crippen MR) is 144 cm³/mol. The summed E-state index contributed by atoms with van der Waals surface area (Å²) in [4.78, 5) is 45.5. The van der Waals surface area contributed by atoms with Crippen molar-refractivity contribution in [1.29, 1.82) is 5.26 Å². The van der Waals surface area contributed by atoms with Crippen molar-refractivity contribution in [2.75, 3.05) is 43.1 Å². The molecule has 1 fully saturated rings. The van der Waals surface area contributed by atoms with E-state index in [2.05, 4.69) is 20.6 Å². The SMILES string of the molecule is CC(N)COc1cc(C#N)c2c(c1)C(OC(=O)C(F)(F)F)C(CNCCC1CN(c3cnc4c(n3)NC(=O)CO4)C(=O)O1)C2. The molecule has 3 aliphatic rings. The Kier molecular flexibility index (Phi) is 8.74. The number of hydrogen-bond donors (Lipinski definition) is 3. The molecule has 234 valence electrons. The van der Waals surface area contributed by atoms with Gasteiger partial charge in [0, 0.05) is 24.1 Å². The van der Waals surface area contributed by atoms with Crippen LogP contribution in [-0.4, -0.2) is 79.1 Å². The minimum Gasteiger partial charge on any atom is -0.492 e. The number of esters is 1. The van der Waals surface area contributed by atoms with E-state index in [1.54, 1.807) is 6.92 Å². The lowest BCUT2D eigenvalue weighted by Gasteiger charge is -2.22. The summed E-state index contributed by atoms with van der Waals surface area (Å²) in [5, 5.41) is 15.4. The number of cyclic esters (lactones) is 1. The van der Waals surface area contributed by atoms with Crippen LogP contribution in [0.3, 0.4) is 0 Å². The van der Waals surface area contributed by atoms with Gasteiger partial charge in [-0.2, -0.15) is 18.4 Å². The van der Waals surface area contributed by atoms with Gasteiger partial charge in [0.15, 0.2) is 18.2 Å². The molecule has 2 amide bonds. The van der Waals surface area contributed by atoms with Gasteiger partial charge in [-0.05, 0) is 44.0 Å². The highest BCUT2D eigenvalue weighted by molar-refractivity contribution is 5.94. The van der Waals surface area contributed by atoms with E-state index < -0.39 is 42.3 Å². The van der Waals surface area contributed by atoms with Gasteiger partial charge in [0.2, 0.25) is 0 Å². The normalized spacial score (nSPS) is 21.4. The second-order valence-corrected chi connectivity index (χ2v) is 10.6. The van der Waals surface area contributed by atoms with E-state index in [-0.39, 0.29) is 73.2 Å². The van der Waals surface area contributed by atoms with Crippen molar-refractivity contribution in [2.45, 2.75) is 44.2 Å². The van der Waals surface area contributed by atoms with Crippen LogP contribution in [0.15, 0.2) is 18.3 Å². The zero-order valence-corrected chi connectivity index (χ0v) is 23.3. The van der Waals surface area contributed by atoms with E-state index in [0.29, 0.717) is 18.5 Å². The Morgan fingerprint density at radius 3 is 2.89 bits per heavy atom. The molecule has 0 radical (unpaired) electrons.